The van der Waals surface area contributed by atoms with Crippen LogP contribution in [0.25, 0.3) is 41.6 Å². The Balaban J connectivity index is 1.78. The quantitative estimate of drug-likeness (QED) is 0.374. The Hall–Kier alpha value is -2.76. The number of hydrogen-bond acceptors (Lipinski definition) is 5. The van der Waals surface area contributed by atoms with Gasteiger partial charge in [0.05, 0.1) is 22.0 Å². The van der Waals surface area contributed by atoms with Crippen molar-refractivity contribution < 1.29 is 4.74 Å². The van der Waals surface area contributed by atoms with Gasteiger partial charge in [0.1, 0.15) is 21.3 Å². The number of rotatable bonds is 3. The van der Waals surface area contributed by atoms with Crippen LogP contribution in [0.15, 0.2) is 66.7 Å². The molecule has 0 aliphatic rings. The van der Waals surface area contributed by atoms with E-state index in [0.29, 0.717) is 0 Å². The lowest BCUT2D eigenvalue weighted by molar-refractivity contribution is 0.419. The second kappa shape index (κ2) is 6.20. The zero-order valence-electron chi connectivity index (χ0n) is 14.0. The van der Waals surface area contributed by atoms with Gasteiger partial charge in [-0.1, -0.05) is 60.7 Å². The molecule has 5 rings (SSSR count). The molecule has 0 bridgehead atoms. The predicted octanol–water partition coefficient (Wildman–Crippen LogP) is 6.25. The topological polar surface area (TPSA) is 35.0 Å². The molecule has 3 nitrogen and oxygen atoms in total. The van der Waals surface area contributed by atoms with Crippen LogP contribution in [-0.4, -0.2) is 17.1 Å². The van der Waals surface area contributed by atoms with Crippen LogP contribution < -0.4 is 4.74 Å². The summed E-state index contributed by atoms with van der Waals surface area (Å²) in [5.74, 6) is 0.774. The molecule has 5 heteroatoms. The van der Waals surface area contributed by atoms with Gasteiger partial charge in [0, 0.05) is 17.2 Å². The van der Waals surface area contributed by atoms with E-state index in [1.807, 2.05) is 42.5 Å². The fourth-order valence-corrected chi connectivity index (χ4v) is 5.25. The van der Waals surface area contributed by atoms with Crippen molar-refractivity contribution in [1.82, 2.24) is 9.97 Å². The molecule has 0 unspecified atom stereocenters. The highest BCUT2D eigenvalue weighted by atomic mass is 32.1. The highest BCUT2D eigenvalue weighted by Crippen LogP contribution is 2.43. The lowest BCUT2D eigenvalue weighted by atomic mass is 10.2. The fourth-order valence-electron chi connectivity index (χ4n) is 2.99. The van der Waals surface area contributed by atoms with E-state index < -0.39 is 0 Å². The molecule has 126 valence electrons. The average molecular weight is 374 g/mol. The van der Waals surface area contributed by atoms with E-state index >= 15 is 0 Å². The average Bonchev–Trinajstić information content (AvgIpc) is 3.33. The van der Waals surface area contributed by atoms with Crippen LogP contribution in [0.1, 0.15) is 0 Å². The Morgan fingerprint density at radius 2 is 1.31 bits per heavy atom. The molecule has 2 heterocycles. The SMILES string of the molecule is COc1cc2nc(-c3ccccc3)sc2c2sc(-c3ccccc3)nc12. The zero-order valence-corrected chi connectivity index (χ0v) is 15.6. The third kappa shape index (κ3) is 2.48. The molecule has 0 fully saturated rings. The van der Waals surface area contributed by atoms with Gasteiger partial charge in [-0.25, -0.2) is 9.97 Å². The van der Waals surface area contributed by atoms with Gasteiger partial charge in [-0.3, -0.25) is 0 Å². The molecule has 0 saturated heterocycles. The third-order valence-electron chi connectivity index (χ3n) is 4.25. The summed E-state index contributed by atoms with van der Waals surface area (Å²) < 4.78 is 7.91. The minimum Gasteiger partial charge on any atom is -0.494 e. The first kappa shape index (κ1) is 15.5. The molecule has 0 atom stereocenters. The fraction of sp³-hybridized carbons (Fsp3) is 0.0476. The van der Waals surface area contributed by atoms with E-state index in [1.54, 1.807) is 29.8 Å². The van der Waals surface area contributed by atoms with Crippen molar-refractivity contribution in [3.8, 4) is 26.9 Å². The number of methoxy groups -OCH3 is 1. The van der Waals surface area contributed by atoms with E-state index in [2.05, 4.69) is 24.3 Å². The monoisotopic (exact) mass is 374 g/mol. The summed E-state index contributed by atoms with van der Waals surface area (Å²) in [4.78, 5) is 9.70. The Bertz CT molecular complexity index is 1210. The first-order valence-corrected chi connectivity index (χ1v) is 9.86. The van der Waals surface area contributed by atoms with Crippen molar-refractivity contribution in [1.29, 1.82) is 0 Å². The molecule has 3 aromatic carbocycles. The molecule has 0 N–H and O–H groups in total. The Morgan fingerprint density at radius 3 is 1.92 bits per heavy atom. The maximum atomic E-state index is 5.61. The van der Waals surface area contributed by atoms with Crippen molar-refractivity contribution in [3.63, 3.8) is 0 Å². The van der Waals surface area contributed by atoms with Crippen LogP contribution in [-0.2, 0) is 0 Å². The van der Waals surface area contributed by atoms with E-state index in [-0.39, 0.29) is 0 Å². The molecule has 0 spiro atoms. The van der Waals surface area contributed by atoms with Crippen LogP contribution in [0.3, 0.4) is 0 Å². The van der Waals surface area contributed by atoms with Gasteiger partial charge in [-0.2, -0.15) is 0 Å². The van der Waals surface area contributed by atoms with E-state index in [4.69, 9.17) is 14.7 Å². The molecule has 2 aromatic heterocycles. The largest absolute Gasteiger partial charge is 0.494 e. The van der Waals surface area contributed by atoms with Crippen molar-refractivity contribution >= 4 is 43.1 Å². The first-order valence-electron chi connectivity index (χ1n) is 8.22. The van der Waals surface area contributed by atoms with Crippen LogP contribution in [0.5, 0.6) is 5.75 Å². The van der Waals surface area contributed by atoms with E-state index in [9.17, 15) is 0 Å². The molecule has 0 aliphatic carbocycles. The van der Waals surface area contributed by atoms with Crippen LogP contribution in [0.4, 0.5) is 0 Å². The van der Waals surface area contributed by atoms with Gasteiger partial charge >= 0.3 is 0 Å². The normalized spacial score (nSPS) is 11.3. The summed E-state index contributed by atoms with van der Waals surface area (Å²) >= 11 is 3.41. The standard InChI is InChI=1S/C21H14N2OS2/c1-24-16-12-15-18(25-20(22-15)13-8-4-2-5-9-13)19-17(16)23-21(26-19)14-10-6-3-7-11-14/h2-12H,1H3. The lowest BCUT2D eigenvalue weighted by Crippen LogP contribution is -1.85. The number of benzene rings is 3. The van der Waals surface area contributed by atoms with Gasteiger partial charge in [-0.05, 0) is 0 Å². The number of nitrogens with zero attached hydrogens (tertiary/aromatic N) is 2. The number of aromatic nitrogens is 2. The maximum Gasteiger partial charge on any atom is 0.148 e. The second-order valence-corrected chi connectivity index (χ2v) is 7.87. The number of ether oxygens (including phenoxy) is 1. The van der Waals surface area contributed by atoms with Crippen molar-refractivity contribution in [2.24, 2.45) is 0 Å². The smallest absolute Gasteiger partial charge is 0.148 e. The van der Waals surface area contributed by atoms with Crippen molar-refractivity contribution in [3.05, 3.63) is 66.7 Å². The van der Waals surface area contributed by atoms with E-state index in [0.717, 1.165) is 42.6 Å². The summed E-state index contributed by atoms with van der Waals surface area (Å²) in [5, 5.41) is 2.02. The maximum absolute atomic E-state index is 5.61. The molecular formula is C21H14N2OS2. The summed E-state index contributed by atoms with van der Waals surface area (Å²) in [7, 11) is 1.69. The number of fused-ring (bicyclic) bond motifs is 3. The second-order valence-electron chi connectivity index (χ2n) is 5.87. The van der Waals surface area contributed by atoms with Crippen molar-refractivity contribution in [2.75, 3.05) is 7.11 Å². The van der Waals surface area contributed by atoms with Crippen LogP contribution >= 0.6 is 22.7 Å². The zero-order chi connectivity index (χ0) is 17.5. The predicted molar refractivity (Wildman–Crippen MR) is 110 cm³/mol. The third-order valence-corrected chi connectivity index (χ3v) is 6.64. The summed E-state index contributed by atoms with van der Waals surface area (Å²) in [6.07, 6.45) is 0. The molecule has 0 radical (unpaired) electrons. The molecule has 5 aromatic rings. The minimum atomic E-state index is 0.774. The van der Waals surface area contributed by atoms with E-state index in [1.165, 1.54) is 4.70 Å². The molecule has 26 heavy (non-hydrogen) atoms. The first-order chi connectivity index (χ1) is 12.8. The highest BCUT2D eigenvalue weighted by molar-refractivity contribution is 7.29. The van der Waals surface area contributed by atoms with Crippen LogP contribution in [0.2, 0.25) is 0 Å². The minimum absolute atomic E-state index is 0.774. The van der Waals surface area contributed by atoms with Gasteiger partial charge in [-0.15, -0.1) is 22.7 Å². The number of hydrogen-bond donors (Lipinski definition) is 0. The van der Waals surface area contributed by atoms with Gasteiger partial charge in [0.25, 0.3) is 0 Å². The molecule has 0 saturated carbocycles. The molecule has 0 aliphatic heterocycles. The van der Waals surface area contributed by atoms with Gasteiger partial charge in [0.15, 0.2) is 0 Å². The summed E-state index contributed by atoms with van der Waals surface area (Å²) in [6, 6.07) is 22.5. The Kier molecular flexibility index (Phi) is 3.69. The summed E-state index contributed by atoms with van der Waals surface area (Å²) in [6.45, 7) is 0. The Morgan fingerprint density at radius 1 is 0.731 bits per heavy atom. The molecule has 0 amide bonds. The Labute approximate surface area is 158 Å². The molecular weight excluding hydrogens is 360 g/mol. The highest BCUT2D eigenvalue weighted by Gasteiger charge is 2.17. The lowest BCUT2D eigenvalue weighted by Gasteiger charge is -2.00. The van der Waals surface area contributed by atoms with Crippen molar-refractivity contribution in [2.45, 2.75) is 0 Å². The van der Waals surface area contributed by atoms with Gasteiger partial charge in [0.2, 0.25) is 0 Å². The number of thiazole rings is 2. The van der Waals surface area contributed by atoms with Gasteiger partial charge < -0.3 is 4.74 Å². The van der Waals surface area contributed by atoms with Crippen LogP contribution in [0, 0.1) is 0 Å². The summed E-state index contributed by atoms with van der Waals surface area (Å²) in [5.41, 5.74) is 4.12.